The summed E-state index contributed by atoms with van der Waals surface area (Å²) in [6.07, 6.45) is 1.76. The van der Waals surface area contributed by atoms with Crippen LogP contribution in [-0.2, 0) is 0 Å². The van der Waals surface area contributed by atoms with E-state index in [0.717, 1.165) is 11.4 Å². The van der Waals surface area contributed by atoms with Crippen LogP contribution in [-0.4, -0.2) is 21.2 Å². The topological polar surface area (TPSA) is 78.6 Å². The molecule has 0 amide bonds. The number of furan rings is 1. The number of para-hydroxylation sites is 1. The van der Waals surface area contributed by atoms with Gasteiger partial charge in [-0.05, 0) is 60.7 Å². The van der Waals surface area contributed by atoms with Crippen molar-refractivity contribution < 1.29 is 14.3 Å². The molecule has 0 saturated carbocycles. The average Bonchev–Trinajstić information content (AvgIpc) is 3.45. The molecule has 1 saturated heterocycles. The molecule has 1 fully saturated rings. The highest BCUT2D eigenvalue weighted by molar-refractivity contribution is 7.80. The molecular formula is C25H19N3O3S. The summed E-state index contributed by atoms with van der Waals surface area (Å²) < 4.78 is 6.28. The van der Waals surface area contributed by atoms with E-state index in [1.54, 1.807) is 24.4 Å². The number of aromatic carboxylic acids is 1. The van der Waals surface area contributed by atoms with E-state index in [2.05, 4.69) is 10.3 Å². The maximum Gasteiger partial charge on any atom is 0.335 e. The number of hydrogen-bond acceptors (Lipinski definition) is 4. The lowest BCUT2D eigenvalue weighted by Crippen LogP contribution is -2.29. The second-order valence-electron chi connectivity index (χ2n) is 7.42. The largest absolute Gasteiger partial charge is 0.478 e. The first-order chi connectivity index (χ1) is 15.6. The summed E-state index contributed by atoms with van der Waals surface area (Å²) in [7, 11) is 0. The maximum absolute atomic E-state index is 11.4. The van der Waals surface area contributed by atoms with E-state index in [-0.39, 0.29) is 17.6 Å². The van der Waals surface area contributed by atoms with Crippen molar-refractivity contribution >= 4 is 29.0 Å². The molecule has 2 atom stereocenters. The summed E-state index contributed by atoms with van der Waals surface area (Å²) in [6, 6.07) is 25.7. The predicted molar refractivity (Wildman–Crippen MR) is 125 cm³/mol. The number of pyridine rings is 1. The second-order valence-corrected chi connectivity index (χ2v) is 7.81. The second kappa shape index (κ2) is 8.28. The standard InChI is InChI=1S/C25H19N3O3S/c29-24(30)17-8-6-7-16(15-17)20-12-13-21(31-20)23-22(19-11-4-5-14-26-19)27-25(32)28(23)18-9-2-1-3-10-18/h1-15,22-23H,(H,27,32)(H,29,30)/t22-,23-/m1/s1. The van der Waals surface area contributed by atoms with E-state index in [0.29, 0.717) is 22.2 Å². The molecular weight excluding hydrogens is 422 g/mol. The Hall–Kier alpha value is -3.97. The average molecular weight is 442 g/mol. The Morgan fingerprint density at radius 3 is 2.56 bits per heavy atom. The van der Waals surface area contributed by atoms with Gasteiger partial charge >= 0.3 is 5.97 Å². The van der Waals surface area contributed by atoms with Crippen LogP contribution < -0.4 is 10.2 Å². The third kappa shape index (κ3) is 3.63. The van der Waals surface area contributed by atoms with Crippen LogP contribution in [0.25, 0.3) is 11.3 Å². The van der Waals surface area contributed by atoms with Gasteiger partial charge in [-0.3, -0.25) is 4.98 Å². The molecule has 158 valence electrons. The SMILES string of the molecule is O=C(O)c1cccc(-c2ccc([C@@H]3[C@@H](c4ccccn4)NC(=S)N3c3ccccc3)o2)c1. The van der Waals surface area contributed by atoms with E-state index in [9.17, 15) is 9.90 Å². The number of hydrogen-bond donors (Lipinski definition) is 2. The number of thiocarbonyl (C=S) groups is 1. The van der Waals surface area contributed by atoms with E-state index in [1.807, 2.05) is 71.6 Å². The maximum atomic E-state index is 11.4. The van der Waals surface area contributed by atoms with Gasteiger partial charge in [0, 0.05) is 17.4 Å². The Morgan fingerprint density at radius 2 is 1.81 bits per heavy atom. The lowest BCUT2D eigenvalue weighted by atomic mass is 10.0. The number of nitrogens with one attached hydrogen (secondary N) is 1. The van der Waals surface area contributed by atoms with E-state index >= 15 is 0 Å². The van der Waals surface area contributed by atoms with Crippen molar-refractivity contribution in [1.82, 2.24) is 10.3 Å². The molecule has 2 aromatic carbocycles. The summed E-state index contributed by atoms with van der Waals surface area (Å²) in [5.74, 6) is 0.315. The van der Waals surface area contributed by atoms with Crippen LogP contribution in [0, 0.1) is 0 Å². The highest BCUT2D eigenvalue weighted by Gasteiger charge is 2.42. The number of carboxylic acid groups (broad SMARTS) is 1. The first-order valence-corrected chi connectivity index (χ1v) is 10.5. The minimum Gasteiger partial charge on any atom is -0.478 e. The molecule has 2 N–H and O–H groups in total. The molecule has 2 aromatic heterocycles. The third-order valence-electron chi connectivity index (χ3n) is 5.44. The molecule has 0 unspecified atom stereocenters. The number of aromatic nitrogens is 1. The van der Waals surface area contributed by atoms with Gasteiger partial charge in [-0.1, -0.05) is 36.4 Å². The van der Waals surface area contributed by atoms with Crippen LogP contribution in [0.2, 0.25) is 0 Å². The Bertz CT molecular complexity index is 1270. The van der Waals surface area contributed by atoms with Crippen LogP contribution in [0.1, 0.15) is 33.9 Å². The van der Waals surface area contributed by atoms with Crippen molar-refractivity contribution in [3.63, 3.8) is 0 Å². The summed E-state index contributed by atoms with van der Waals surface area (Å²) in [5, 5.41) is 13.3. The lowest BCUT2D eigenvalue weighted by molar-refractivity contribution is 0.0697. The summed E-state index contributed by atoms with van der Waals surface area (Å²) in [6.45, 7) is 0. The number of rotatable bonds is 5. The number of nitrogens with zero attached hydrogens (tertiary/aromatic N) is 2. The van der Waals surface area contributed by atoms with E-state index in [1.165, 1.54) is 0 Å². The zero-order valence-corrected chi connectivity index (χ0v) is 17.7. The predicted octanol–water partition coefficient (Wildman–Crippen LogP) is 5.22. The first kappa shape index (κ1) is 20.0. The van der Waals surface area contributed by atoms with Gasteiger partial charge in [0.25, 0.3) is 0 Å². The zero-order chi connectivity index (χ0) is 22.1. The van der Waals surface area contributed by atoms with Gasteiger partial charge in [0.1, 0.15) is 17.6 Å². The minimum absolute atomic E-state index is 0.210. The summed E-state index contributed by atoms with van der Waals surface area (Å²) >= 11 is 5.70. The number of carbonyl (C=O) groups is 1. The Kier molecular flexibility index (Phi) is 5.17. The zero-order valence-electron chi connectivity index (χ0n) is 16.9. The van der Waals surface area contributed by atoms with Gasteiger partial charge < -0.3 is 19.7 Å². The Morgan fingerprint density at radius 1 is 1.00 bits per heavy atom. The van der Waals surface area contributed by atoms with Gasteiger partial charge in [-0.2, -0.15) is 0 Å². The fourth-order valence-electron chi connectivity index (χ4n) is 3.98. The van der Waals surface area contributed by atoms with Crippen LogP contribution in [0.3, 0.4) is 0 Å². The number of carboxylic acids is 1. The monoisotopic (exact) mass is 441 g/mol. The molecule has 0 spiro atoms. The Balaban J connectivity index is 1.58. The molecule has 5 rings (SSSR count). The lowest BCUT2D eigenvalue weighted by Gasteiger charge is -2.26. The van der Waals surface area contributed by atoms with Gasteiger partial charge in [0.05, 0.1) is 17.3 Å². The molecule has 4 aromatic rings. The highest BCUT2D eigenvalue weighted by atomic mass is 32.1. The van der Waals surface area contributed by atoms with Crippen molar-refractivity contribution in [2.45, 2.75) is 12.1 Å². The van der Waals surface area contributed by atoms with Crippen molar-refractivity contribution in [3.8, 4) is 11.3 Å². The van der Waals surface area contributed by atoms with Crippen molar-refractivity contribution in [2.75, 3.05) is 4.90 Å². The minimum atomic E-state index is -0.977. The number of anilines is 1. The van der Waals surface area contributed by atoms with Gasteiger partial charge in [0.2, 0.25) is 0 Å². The molecule has 0 bridgehead atoms. The van der Waals surface area contributed by atoms with E-state index in [4.69, 9.17) is 16.6 Å². The van der Waals surface area contributed by atoms with E-state index < -0.39 is 5.97 Å². The van der Waals surface area contributed by atoms with Crippen LogP contribution in [0.15, 0.2) is 95.5 Å². The van der Waals surface area contributed by atoms with Crippen LogP contribution >= 0.6 is 12.2 Å². The normalized spacial score (nSPS) is 17.9. The van der Waals surface area contributed by atoms with Crippen LogP contribution in [0.5, 0.6) is 0 Å². The molecule has 0 radical (unpaired) electrons. The molecule has 1 aliphatic rings. The van der Waals surface area contributed by atoms with Gasteiger partial charge in [-0.25, -0.2) is 4.79 Å². The summed E-state index contributed by atoms with van der Waals surface area (Å²) in [5.41, 5.74) is 2.70. The molecule has 3 heterocycles. The Labute approximate surface area is 190 Å². The molecule has 6 nitrogen and oxygen atoms in total. The van der Waals surface area contributed by atoms with Crippen molar-refractivity contribution in [2.24, 2.45) is 0 Å². The molecule has 32 heavy (non-hydrogen) atoms. The third-order valence-corrected chi connectivity index (χ3v) is 5.76. The molecule has 1 aliphatic heterocycles. The molecule has 7 heteroatoms. The first-order valence-electron chi connectivity index (χ1n) is 10.1. The van der Waals surface area contributed by atoms with Gasteiger partial charge in [0.15, 0.2) is 5.11 Å². The fraction of sp³-hybridized carbons (Fsp3) is 0.0800. The van der Waals surface area contributed by atoms with Crippen molar-refractivity contribution in [3.05, 3.63) is 108 Å². The van der Waals surface area contributed by atoms with Crippen LogP contribution in [0.4, 0.5) is 5.69 Å². The number of benzene rings is 2. The fourth-order valence-corrected chi connectivity index (χ4v) is 4.33. The summed E-state index contributed by atoms with van der Waals surface area (Å²) in [4.78, 5) is 17.9. The smallest absolute Gasteiger partial charge is 0.335 e. The van der Waals surface area contributed by atoms with Gasteiger partial charge in [-0.15, -0.1) is 0 Å². The highest BCUT2D eigenvalue weighted by Crippen LogP contribution is 2.42. The quantitative estimate of drug-likeness (QED) is 0.411. The molecule has 0 aliphatic carbocycles. The van der Waals surface area contributed by atoms with Crippen molar-refractivity contribution in [1.29, 1.82) is 0 Å².